The van der Waals surface area contributed by atoms with Crippen LogP contribution in [0.4, 0.5) is 0 Å². The Morgan fingerprint density at radius 2 is 1.57 bits per heavy atom. The molecule has 124 valence electrons. The fourth-order valence-electron chi connectivity index (χ4n) is 4.63. The maximum Gasteiger partial charge on any atom is 0.0604 e. The van der Waals surface area contributed by atoms with Crippen molar-refractivity contribution in [2.24, 2.45) is 17.8 Å². The van der Waals surface area contributed by atoms with E-state index in [0.717, 1.165) is 24.4 Å². The molecule has 2 nitrogen and oxygen atoms in total. The topological polar surface area (TPSA) is 12.5 Å². The van der Waals surface area contributed by atoms with Crippen LogP contribution in [0.25, 0.3) is 0 Å². The van der Waals surface area contributed by atoms with Crippen LogP contribution in [-0.2, 0) is 4.74 Å². The van der Waals surface area contributed by atoms with Crippen LogP contribution in [0, 0.1) is 17.8 Å². The Morgan fingerprint density at radius 3 is 2.05 bits per heavy atom. The summed E-state index contributed by atoms with van der Waals surface area (Å²) in [5, 5.41) is 0. The molecule has 1 saturated carbocycles. The number of rotatable bonds is 5. The highest BCUT2D eigenvalue weighted by Crippen LogP contribution is 2.35. The monoisotopic (exact) mass is 295 g/mol. The molecule has 1 aliphatic carbocycles. The summed E-state index contributed by atoms with van der Waals surface area (Å²) in [6, 6.07) is 1.38. The van der Waals surface area contributed by atoms with Crippen molar-refractivity contribution in [3.63, 3.8) is 0 Å². The molecule has 1 heterocycles. The minimum absolute atomic E-state index is 0.493. The van der Waals surface area contributed by atoms with Crippen molar-refractivity contribution in [2.75, 3.05) is 13.2 Å². The van der Waals surface area contributed by atoms with Gasteiger partial charge in [0.05, 0.1) is 6.10 Å². The lowest BCUT2D eigenvalue weighted by Crippen LogP contribution is -2.50. The lowest BCUT2D eigenvalue weighted by molar-refractivity contribution is -0.0366. The minimum Gasteiger partial charge on any atom is -0.378 e. The van der Waals surface area contributed by atoms with Gasteiger partial charge in [-0.2, -0.15) is 0 Å². The van der Waals surface area contributed by atoms with Gasteiger partial charge in [-0.25, -0.2) is 0 Å². The fraction of sp³-hybridized carbons (Fsp3) is 1.00. The Morgan fingerprint density at radius 1 is 1.00 bits per heavy atom. The number of hydrogen-bond acceptors (Lipinski definition) is 2. The quantitative estimate of drug-likeness (QED) is 0.727. The molecule has 0 aromatic heterocycles. The Balaban J connectivity index is 1.80. The number of ether oxygens (including phenoxy) is 1. The molecule has 0 aromatic rings. The highest BCUT2D eigenvalue weighted by atomic mass is 16.5. The van der Waals surface area contributed by atoms with E-state index in [2.05, 4.69) is 39.5 Å². The second-order valence-corrected chi connectivity index (χ2v) is 7.97. The van der Waals surface area contributed by atoms with Gasteiger partial charge >= 0.3 is 0 Å². The zero-order chi connectivity index (χ0) is 15.4. The van der Waals surface area contributed by atoms with Crippen molar-refractivity contribution in [3.8, 4) is 0 Å². The Hall–Kier alpha value is -0.0800. The fourth-order valence-corrected chi connectivity index (χ4v) is 4.63. The van der Waals surface area contributed by atoms with Gasteiger partial charge in [0.15, 0.2) is 0 Å². The summed E-state index contributed by atoms with van der Waals surface area (Å²) >= 11 is 0. The Bertz CT molecular complexity index is 284. The number of likely N-dealkylation sites (tertiary alicyclic amines) is 1. The van der Waals surface area contributed by atoms with Crippen molar-refractivity contribution in [1.29, 1.82) is 0 Å². The van der Waals surface area contributed by atoms with Gasteiger partial charge in [-0.3, -0.25) is 4.90 Å². The molecule has 0 N–H and O–H groups in total. The Labute approximate surface area is 132 Å². The first-order valence-corrected chi connectivity index (χ1v) is 9.38. The van der Waals surface area contributed by atoms with E-state index < -0.39 is 0 Å². The van der Waals surface area contributed by atoms with Crippen LogP contribution in [0.15, 0.2) is 0 Å². The molecule has 1 saturated heterocycles. The highest BCUT2D eigenvalue weighted by Gasteiger charge is 2.33. The molecule has 1 aliphatic heterocycles. The molecule has 2 rings (SSSR count). The maximum absolute atomic E-state index is 5.88. The molecule has 2 atom stereocenters. The normalized spacial score (nSPS) is 38.9. The third kappa shape index (κ3) is 4.69. The molecular weight excluding hydrogens is 258 g/mol. The van der Waals surface area contributed by atoms with Crippen LogP contribution in [0.2, 0.25) is 0 Å². The van der Waals surface area contributed by atoms with Crippen molar-refractivity contribution in [2.45, 2.75) is 91.3 Å². The molecule has 0 amide bonds. The lowest BCUT2D eigenvalue weighted by Gasteiger charge is -2.45. The molecule has 2 heteroatoms. The second kappa shape index (κ2) is 7.97. The average Bonchev–Trinajstić information content (AvgIpc) is 2.44. The first kappa shape index (κ1) is 17.3. The van der Waals surface area contributed by atoms with Gasteiger partial charge in [-0.15, -0.1) is 0 Å². The number of hydrogen-bond donors (Lipinski definition) is 0. The van der Waals surface area contributed by atoms with Crippen molar-refractivity contribution >= 4 is 0 Å². The maximum atomic E-state index is 5.88. The average molecular weight is 296 g/mol. The van der Waals surface area contributed by atoms with Crippen LogP contribution in [0.3, 0.4) is 0 Å². The highest BCUT2D eigenvalue weighted by molar-refractivity contribution is 4.87. The van der Waals surface area contributed by atoms with Gasteiger partial charge in [-0.1, -0.05) is 13.8 Å². The summed E-state index contributed by atoms with van der Waals surface area (Å²) < 4.78 is 5.88. The van der Waals surface area contributed by atoms with E-state index in [9.17, 15) is 0 Å². The molecular formula is C19H37NO. The zero-order valence-corrected chi connectivity index (χ0v) is 15.0. The first-order chi connectivity index (χ1) is 10.0. The molecule has 2 fully saturated rings. The van der Waals surface area contributed by atoms with Gasteiger partial charge in [0.1, 0.15) is 0 Å². The van der Waals surface area contributed by atoms with Gasteiger partial charge in [0, 0.05) is 25.2 Å². The van der Waals surface area contributed by atoms with E-state index in [1.54, 1.807) is 0 Å². The molecule has 2 aliphatic rings. The van der Waals surface area contributed by atoms with Crippen LogP contribution >= 0.6 is 0 Å². The third-order valence-corrected chi connectivity index (χ3v) is 6.05. The summed E-state index contributed by atoms with van der Waals surface area (Å²) in [6.07, 6.45) is 8.76. The summed E-state index contributed by atoms with van der Waals surface area (Å²) in [5.41, 5.74) is 0. The second-order valence-electron chi connectivity index (χ2n) is 7.97. The van der Waals surface area contributed by atoms with E-state index in [-0.39, 0.29) is 0 Å². The summed E-state index contributed by atoms with van der Waals surface area (Å²) in [6.45, 7) is 13.9. The molecule has 0 spiro atoms. The van der Waals surface area contributed by atoms with E-state index >= 15 is 0 Å². The SMILES string of the molecule is CCOC1CC(C)N(CC2CCC(C(C)C)CC2)C(C)C1. The minimum atomic E-state index is 0.493. The largest absolute Gasteiger partial charge is 0.378 e. The van der Waals surface area contributed by atoms with Crippen LogP contribution in [-0.4, -0.2) is 36.2 Å². The van der Waals surface area contributed by atoms with Crippen LogP contribution in [0.5, 0.6) is 0 Å². The van der Waals surface area contributed by atoms with Crippen molar-refractivity contribution in [1.82, 2.24) is 4.90 Å². The first-order valence-electron chi connectivity index (χ1n) is 9.38. The molecule has 2 unspecified atom stereocenters. The summed E-state index contributed by atoms with van der Waals surface area (Å²) in [7, 11) is 0. The van der Waals surface area contributed by atoms with Crippen LogP contribution in [0.1, 0.15) is 73.1 Å². The van der Waals surface area contributed by atoms with E-state index in [1.165, 1.54) is 45.1 Å². The van der Waals surface area contributed by atoms with E-state index in [1.807, 2.05) is 0 Å². The lowest BCUT2D eigenvalue weighted by atomic mass is 9.76. The van der Waals surface area contributed by atoms with Crippen molar-refractivity contribution < 1.29 is 4.74 Å². The standard InChI is InChI=1S/C19H37NO/c1-6-21-19-11-15(4)20(16(5)12-19)13-17-7-9-18(10-8-17)14(2)3/h14-19H,6-13H2,1-5H3. The van der Waals surface area contributed by atoms with Crippen LogP contribution < -0.4 is 0 Å². The molecule has 0 aromatic carbocycles. The number of nitrogens with zero attached hydrogens (tertiary/aromatic N) is 1. The zero-order valence-electron chi connectivity index (χ0n) is 15.0. The summed E-state index contributed by atoms with van der Waals surface area (Å²) in [4.78, 5) is 2.77. The summed E-state index contributed by atoms with van der Waals surface area (Å²) in [5.74, 6) is 2.80. The van der Waals surface area contributed by atoms with Gasteiger partial charge in [-0.05, 0) is 77.0 Å². The van der Waals surface area contributed by atoms with Gasteiger partial charge in [0.2, 0.25) is 0 Å². The molecule has 21 heavy (non-hydrogen) atoms. The smallest absolute Gasteiger partial charge is 0.0604 e. The van der Waals surface area contributed by atoms with E-state index in [4.69, 9.17) is 4.74 Å². The van der Waals surface area contributed by atoms with Gasteiger partial charge < -0.3 is 4.74 Å². The van der Waals surface area contributed by atoms with E-state index in [0.29, 0.717) is 18.2 Å². The van der Waals surface area contributed by atoms with Gasteiger partial charge in [0.25, 0.3) is 0 Å². The predicted molar refractivity (Wildman–Crippen MR) is 90.6 cm³/mol. The predicted octanol–water partition coefficient (Wildman–Crippen LogP) is 4.73. The number of piperidine rings is 1. The molecule has 0 bridgehead atoms. The Kier molecular flexibility index (Phi) is 6.55. The molecule has 0 radical (unpaired) electrons. The third-order valence-electron chi connectivity index (χ3n) is 6.05. The van der Waals surface area contributed by atoms with Crippen molar-refractivity contribution in [3.05, 3.63) is 0 Å².